The van der Waals surface area contributed by atoms with Crippen molar-refractivity contribution in [2.45, 2.75) is 66.0 Å². The van der Waals surface area contributed by atoms with Crippen molar-refractivity contribution in [1.29, 1.82) is 5.41 Å². The van der Waals surface area contributed by atoms with Crippen LogP contribution in [0.2, 0.25) is 0 Å². The Morgan fingerprint density at radius 1 is 1.18 bits per heavy atom. The maximum Gasteiger partial charge on any atom is 0.107 e. The molecule has 33 heavy (non-hydrogen) atoms. The zero-order valence-corrected chi connectivity index (χ0v) is 19.7. The van der Waals surface area contributed by atoms with Crippen molar-refractivity contribution >= 4 is 22.3 Å². The average Bonchev–Trinajstić information content (AvgIpc) is 3.13. The summed E-state index contributed by atoms with van der Waals surface area (Å²) in [6, 6.07) is 8.21. The van der Waals surface area contributed by atoms with Gasteiger partial charge >= 0.3 is 0 Å². The molecule has 2 heterocycles. The van der Waals surface area contributed by atoms with Crippen molar-refractivity contribution in [3.8, 4) is 11.1 Å². The van der Waals surface area contributed by atoms with E-state index < -0.39 is 0 Å². The van der Waals surface area contributed by atoms with E-state index >= 15 is 0 Å². The predicted molar refractivity (Wildman–Crippen MR) is 133 cm³/mol. The predicted octanol–water partition coefficient (Wildman–Crippen LogP) is 6.91. The average molecular weight is 448 g/mol. The van der Waals surface area contributed by atoms with Crippen LogP contribution in [-0.2, 0) is 18.0 Å². The smallest absolute Gasteiger partial charge is 0.107 e. The van der Waals surface area contributed by atoms with Crippen LogP contribution < -0.4 is 0 Å². The maximum absolute atomic E-state index is 10.2. The Morgan fingerprint density at radius 2 is 1.94 bits per heavy atom. The van der Waals surface area contributed by atoms with E-state index in [4.69, 9.17) is 15.7 Å². The van der Waals surface area contributed by atoms with E-state index in [0.717, 1.165) is 45.4 Å². The van der Waals surface area contributed by atoms with Gasteiger partial charge in [0, 0.05) is 41.4 Å². The molecular weight excluding hydrogens is 414 g/mol. The second-order valence-corrected chi connectivity index (χ2v) is 9.29. The van der Waals surface area contributed by atoms with E-state index in [0.29, 0.717) is 17.2 Å². The number of benzene rings is 1. The van der Waals surface area contributed by atoms with Gasteiger partial charge < -0.3 is 15.1 Å². The summed E-state index contributed by atoms with van der Waals surface area (Å²) in [7, 11) is 0. The Labute approximate surface area is 195 Å². The van der Waals surface area contributed by atoms with Crippen molar-refractivity contribution in [2.24, 2.45) is 5.92 Å². The minimum atomic E-state index is 0.126. The molecule has 1 aromatic carbocycles. The second-order valence-electron chi connectivity index (χ2n) is 9.29. The number of aliphatic hydroxyl groups is 1. The van der Waals surface area contributed by atoms with E-state index in [-0.39, 0.29) is 12.4 Å². The number of pyridine rings is 1. The summed E-state index contributed by atoms with van der Waals surface area (Å²) in [5.41, 5.74) is 7.54. The lowest BCUT2D eigenvalue weighted by Crippen LogP contribution is -2.13. The Balaban J connectivity index is 1.86. The molecule has 0 saturated heterocycles. The number of aliphatic hydroxyl groups excluding tert-OH is 1. The SMILES string of the molecule is CC(=N)/C(=C(/C)O)c1cnc2c(-c3ccc(C)c(COO)c3)cn(CC3CCCCC3)c2c1. The number of nitrogens with one attached hydrogen (secondary N) is 1. The monoisotopic (exact) mass is 447 g/mol. The van der Waals surface area contributed by atoms with Crippen LogP contribution in [0.5, 0.6) is 0 Å². The Kier molecular flexibility index (Phi) is 6.96. The van der Waals surface area contributed by atoms with Crippen LogP contribution in [0.15, 0.2) is 42.4 Å². The molecule has 1 aliphatic rings. The lowest BCUT2D eigenvalue weighted by atomic mass is 9.89. The summed E-state index contributed by atoms with van der Waals surface area (Å²) in [6.45, 7) is 6.37. The zero-order chi connectivity index (χ0) is 23.5. The van der Waals surface area contributed by atoms with Gasteiger partial charge in [-0.1, -0.05) is 31.4 Å². The molecule has 0 spiro atoms. The highest BCUT2D eigenvalue weighted by atomic mass is 17.1. The molecule has 1 aliphatic carbocycles. The topological polar surface area (TPSA) is 91.4 Å². The summed E-state index contributed by atoms with van der Waals surface area (Å²) in [5.74, 6) is 0.766. The highest BCUT2D eigenvalue weighted by Gasteiger charge is 2.20. The molecule has 1 fully saturated rings. The largest absolute Gasteiger partial charge is 0.512 e. The summed E-state index contributed by atoms with van der Waals surface area (Å²) in [5, 5.41) is 27.3. The van der Waals surface area contributed by atoms with Crippen LogP contribution in [0.1, 0.15) is 62.6 Å². The van der Waals surface area contributed by atoms with Gasteiger partial charge in [0.15, 0.2) is 0 Å². The van der Waals surface area contributed by atoms with E-state index in [1.54, 1.807) is 20.0 Å². The van der Waals surface area contributed by atoms with Gasteiger partial charge in [-0.25, -0.2) is 4.89 Å². The van der Waals surface area contributed by atoms with Crippen molar-refractivity contribution in [3.63, 3.8) is 0 Å². The Morgan fingerprint density at radius 3 is 2.61 bits per heavy atom. The third-order valence-corrected chi connectivity index (χ3v) is 6.80. The Hall–Kier alpha value is -2.96. The zero-order valence-electron chi connectivity index (χ0n) is 19.7. The van der Waals surface area contributed by atoms with Crippen molar-refractivity contribution in [2.75, 3.05) is 0 Å². The summed E-state index contributed by atoms with van der Waals surface area (Å²) >= 11 is 0. The fourth-order valence-electron chi connectivity index (χ4n) is 5.07. The number of fused-ring (bicyclic) bond motifs is 1. The summed E-state index contributed by atoms with van der Waals surface area (Å²) in [6.07, 6.45) is 10.3. The molecule has 6 nitrogen and oxygen atoms in total. The number of nitrogens with zero attached hydrogens (tertiary/aromatic N) is 2. The number of aryl methyl sites for hydroxylation is 1. The first kappa shape index (κ1) is 23.2. The highest BCUT2D eigenvalue weighted by molar-refractivity contribution is 6.22. The van der Waals surface area contributed by atoms with Gasteiger partial charge in [0.2, 0.25) is 0 Å². The van der Waals surface area contributed by atoms with Crippen LogP contribution in [0.4, 0.5) is 0 Å². The summed E-state index contributed by atoms with van der Waals surface area (Å²) in [4.78, 5) is 9.22. The lowest BCUT2D eigenvalue weighted by Gasteiger charge is -2.22. The quantitative estimate of drug-likeness (QED) is 0.159. The van der Waals surface area contributed by atoms with Gasteiger partial charge in [-0.05, 0) is 68.4 Å². The van der Waals surface area contributed by atoms with Gasteiger partial charge in [0.25, 0.3) is 0 Å². The summed E-state index contributed by atoms with van der Waals surface area (Å²) < 4.78 is 2.29. The normalized spacial score (nSPS) is 15.6. The van der Waals surface area contributed by atoms with Gasteiger partial charge in [-0.2, -0.15) is 0 Å². The van der Waals surface area contributed by atoms with Crippen molar-refractivity contribution in [1.82, 2.24) is 9.55 Å². The molecular formula is C27H33N3O3. The fraction of sp³-hybridized carbons (Fsp3) is 0.407. The van der Waals surface area contributed by atoms with Crippen LogP contribution in [0, 0.1) is 18.3 Å². The van der Waals surface area contributed by atoms with E-state index in [2.05, 4.69) is 21.7 Å². The first-order valence-electron chi connectivity index (χ1n) is 11.7. The van der Waals surface area contributed by atoms with E-state index in [1.807, 2.05) is 25.1 Å². The minimum absolute atomic E-state index is 0.126. The van der Waals surface area contributed by atoms with Crippen LogP contribution in [-0.4, -0.2) is 25.6 Å². The molecule has 0 amide bonds. The third kappa shape index (κ3) is 4.87. The number of rotatable bonds is 7. The van der Waals surface area contributed by atoms with E-state index in [1.165, 1.54) is 32.1 Å². The molecule has 3 N–H and O–H groups in total. The first-order valence-corrected chi connectivity index (χ1v) is 11.7. The standard InChI is InChI=1S/C27H33N3O3/c1-17-9-10-21(11-23(17)16-33-32)24-15-30(14-20-7-5-4-6-8-20)25-12-22(13-29-27(24)25)26(18(2)28)19(3)31/h9-13,15,20,28,31-32H,4-8,14,16H2,1-3H3/b26-19+,28-18?. The van der Waals surface area contributed by atoms with Crippen molar-refractivity contribution in [3.05, 3.63) is 59.1 Å². The molecule has 174 valence electrons. The molecule has 0 unspecified atom stereocenters. The number of hydrogen-bond acceptors (Lipinski definition) is 5. The Bertz CT molecular complexity index is 1200. The molecule has 0 bridgehead atoms. The van der Waals surface area contributed by atoms with Crippen molar-refractivity contribution < 1.29 is 15.3 Å². The molecule has 2 aromatic heterocycles. The number of allylic oxidation sites excluding steroid dienone is 2. The first-order chi connectivity index (χ1) is 15.9. The van der Waals surface area contributed by atoms with Crippen LogP contribution in [0.25, 0.3) is 27.7 Å². The van der Waals surface area contributed by atoms with Gasteiger partial charge in [-0.15, -0.1) is 0 Å². The molecule has 0 radical (unpaired) electrons. The van der Waals surface area contributed by atoms with Crippen LogP contribution in [0.3, 0.4) is 0 Å². The third-order valence-electron chi connectivity index (χ3n) is 6.80. The minimum Gasteiger partial charge on any atom is -0.512 e. The van der Waals surface area contributed by atoms with Gasteiger partial charge in [-0.3, -0.25) is 10.2 Å². The van der Waals surface area contributed by atoms with E-state index in [9.17, 15) is 5.11 Å². The van der Waals surface area contributed by atoms with Crippen LogP contribution >= 0.6 is 0 Å². The molecule has 0 atom stereocenters. The molecule has 0 aliphatic heterocycles. The number of hydrogen-bond donors (Lipinski definition) is 3. The fourth-order valence-corrected chi connectivity index (χ4v) is 5.07. The van der Waals surface area contributed by atoms with Gasteiger partial charge in [0.1, 0.15) is 6.61 Å². The molecule has 3 aromatic rings. The maximum atomic E-state index is 10.2. The van der Waals surface area contributed by atoms with Gasteiger partial charge in [0.05, 0.1) is 16.8 Å². The highest BCUT2D eigenvalue weighted by Crippen LogP contribution is 2.34. The molecule has 6 heteroatoms. The number of aromatic nitrogens is 2. The lowest BCUT2D eigenvalue weighted by molar-refractivity contribution is -0.253. The molecule has 1 saturated carbocycles. The molecule has 4 rings (SSSR count). The second kappa shape index (κ2) is 9.89.